The topological polar surface area (TPSA) is 104 Å². The maximum atomic E-state index is 12.1. The zero-order valence-electron chi connectivity index (χ0n) is 16.7. The zero-order chi connectivity index (χ0) is 20.7. The molecule has 0 saturated heterocycles. The Bertz CT molecular complexity index is 812. The van der Waals surface area contributed by atoms with Crippen LogP contribution in [0.1, 0.15) is 33.6 Å². The normalized spacial score (nSPS) is 11.2. The molecule has 0 aliphatic heterocycles. The van der Waals surface area contributed by atoms with Crippen LogP contribution in [0.25, 0.3) is 11.5 Å². The van der Waals surface area contributed by atoms with Crippen molar-refractivity contribution in [1.82, 2.24) is 15.5 Å². The molecule has 0 aliphatic rings. The molecular formula is C19H25N3O5S. The molecule has 0 atom stereocenters. The van der Waals surface area contributed by atoms with Gasteiger partial charge in [0.25, 0.3) is 5.22 Å². The van der Waals surface area contributed by atoms with E-state index in [1.165, 1.54) is 18.7 Å². The van der Waals surface area contributed by atoms with Gasteiger partial charge in [-0.15, -0.1) is 10.2 Å². The summed E-state index contributed by atoms with van der Waals surface area (Å²) in [6, 6.07) is 5.30. The summed E-state index contributed by atoms with van der Waals surface area (Å²) in [6.45, 7) is 5.16. The van der Waals surface area contributed by atoms with Gasteiger partial charge in [0.15, 0.2) is 0 Å². The first-order valence-electron chi connectivity index (χ1n) is 8.72. The summed E-state index contributed by atoms with van der Waals surface area (Å²) in [6.07, 6.45) is 0.569. The van der Waals surface area contributed by atoms with Crippen molar-refractivity contribution in [1.29, 1.82) is 0 Å². The summed E-state index contributed by atoms with van der Waals surface area (Å²) in [4.78, 5) is 23.3. The number of carbonyl (C=O) groups is 2. The van der Waals surface area contributed by atoms with Crippen molar-refractivity contribution in [2.45, 2.75) is 44.4 Å². The molecule has 0 saturated carbocycles. The van der Waals surface area contributed by atoms with E-state index in [0.29, 0.717) is 40.3 Å². The predicted octanol–water partition coefficient (Wildman–Crippen LogP) is 3.11. The van der Waals surface area contributed by atoms with Gasteiger partial charge in [0, 0.05) is 35.8 Å². The van der Waals surface area contributed by atoms with Crippen LogP contribution in [0.15, 0.2) is 27.8 Å². The molecule has 0 spiro atoms. The highest BCUT2D eigenvalue weighted by atomic mass is 32.2. The van der Waals surface area contributed by atoms with Gasteiger partial charge in [-0.05, 0) is 32.9 Å². The lowest BCUT2D eigenvalue weighted by Crippen LogP contribution is -2.44. The number of nitrogens with one attached hydrogen (secondary N) is 1. The summed E-state index contributed by atoms with van der Waals surface area (Å²) < 4.78 is 16.1. The number of amides is 1. The number of methoxy groups -OCH3 is 2. The summed E-state index contributed by atoms with van der Waals surface area (Å²) in [5, 5.41) is 11.3. The molecule has 152 valence electrons. The Balaban J connectivity index is 1.92. The lowest BCUT2D eigenvalue weighted by atomic mass is 9.98. The van der Waals surface area contributed by atoms with Gasteiger partial charge in [-0.1, -0.05) is 11.8 Å². The van der Waals surface area contributed by atoms with Crippen molar-refractivity contribution in [2.75, 3.05) is 20.0 Å². The number of hydrogen-bond acceptors (Lipinski definition) is 8. The van der Waals surface area contributed by atoms with Crippen LogP contribution < -0.4 is 14.8 Å². The van der Waals surface area contributed by atoms with Crippen LogP contribution in [0.5, 0.6) is 11.5 Å². The van der Waals surface area contributed by atoms with Crippen LogP contribution in [0, 0.1) is 0 Å². The van der Waals surface area contributed by atoms with Gasteiger partial charge in [0.05, 0.1) is 14.2 Å². The van der Waals surface area contributed by atoms with Crippen molar-refractivity contribution in [2.24, 2.45) is 0 Å². The highest BCUT2D eigenvalue weighted by Crippen LogP contribution is 2.30. The molecule has 0 bridgehead atoms. The predicted molar refractivity (Wildman–Crippen MR) is 106 cm³/mol. The molecule has 0 aliphatic carbocycles. The number of carbonyl (C=O) groups excluding carboxylic acids is 2. The third-order valence-electron chi connectivity index (χ3n) is 3.73. The van der Waals surface area contributed by atoms with E-state index < -0.39 is 5.54 Å². The van der Waals surface area contributed by atoms with Gasteiger partial charge < -0.3 is 19.2 Å². The quantitative estimate of drug-likeness (QED) is 0.599. The maximum Gasteiger partial charge on any atom is 0.276 e. The second-order valence-electron chi connectivity index (χ2n) is 6.88. The van der Waals surface area contributed by atoms with Crippen molar-refractivity contribution < 1.29 is 23.5 Å². The fraction of sp³-hybridized carbons (Fsp3) is 0.474. The minimum absolute atomic E-state index is 0.0345. The van der Waals surface area contributed by atoms with E-state index in [1.54, 1.807) is 32.4 Å². The van der Waals surface area contributed by atoms with E-state index in [1.807, 2.05) is 13.8 Å². The van der Waals surface area contributed by atoms with Gasteiger partial charge >= 0.3 is 0 Å². The van der Waals surface area contributed by atoms with Crippen LogP contribution in [0.4, 0.5) is 0 Å². The molecule has 1 heterocycles. The van der Waals surface area contributed by atoms with E-state index in [0.717, 1.165) is 0 Å². The molecule has 0 unspecified atom stereocenters. The van der Waals surface area contributed by atoms with Crippen LogP contribution in [0.2, 0.25) is 0 Å². The van der Waals surface area contributed by atoms with E-state index in [2.05, 4.69) is 15.5 Å². The number of nitrogens with zero attached hydrogens (tertiary/aromatic N) is 2. The Morgan fingerprint density at radius 3 is 2.36 bits per heavy atom. The fourth-order valence-corrected chi connectivity index (χ4v) is 3.35. The second-order valence-corrected chi connectivity index (χ2v) is 7.93. The molecule has 28 heavy (non-hydrogen) atoms. The Morgan fingerprint density at radius 2 is 1.79 bits per heavy atom. The Labute approximate surface area is 168 Å². The molecule has 9 heteroatoms. The minimum Gasteiger partial charge on any atom is -0.497 e. The zero-order valence-corrected chi connectivity index (χ0v) is 17.5. The third-order valence-corrected chi connectivity index (χ3v) is 4.55. The molecule has 2 aromatic rings. The number of benzene rings is 1. The van der Waals surface area contributed by atoms with Gasteiger partial charge in [0.1, 0.15) is 17.3 Å². The molecule has 0 radical (unpaired) electrons. The SMILES string of the molecule is COc1cc(OC)cc(-c2nnc(SCCC(=O)NC(C)(C)CC(C)=O)o2)c1. The van der Waals surface area contributed by atoms with Crippen LogP contribution in [-0.4, -0.2) is 47.4 Å². The summed E-state index contributed by atoms with van der Waals surface area (Å²) >= 11 is 1.29. The van der Waals surface area contributed by atoms with E-state index in [4.69, 9.17) is 13.9 Å². The van der Waals surface area contributed by atoms with Gasteiger partial charge in [-0.3, -0.25) is 9.59 Å². The van der Waals surface area contributed by atoms with Crippen molar-refractivity contribution in [3.05, 3.63) is 18.2 Å². The van der Waals surface area contributed by atoms with Gasteiger partial charge in [-0.25, -0.2) is 0 Å². The highest BCUT2D eigenvalue weighted by molar-refractivity contribution is 7.99. The average molecular weight is 407 g/mol. The van der Waals surface area contributed by atoms with Gasteiger partial charge in [-0.2, -0.15) is 0 Å². The van der Waals surface area contributed by atoms with Crippen LogP contribution >= 0.6 is 11.8 Å². The van der Waals surface area contributed by atoms with Crippen molar-refractivity contribution in [3.8, 4) is 23.0 Å². The number of ether oxygens (including phenoxy) is 2. The molecule has 1 aromatic heterocycles. The Kier molecular flexibility index (Phi) is 7.45. The van der Waals surface area contributed by atoms with E-state index in [-0.39, 0.29) is 18.1 Å². The second kappa shape index (κ2) is 9.59. The van der Waals surface area contributed by atoms with Crippen LogP contribution in [0.3, 0.4) is 0 Å². The monoisotopic (exact) mass is 407 g/mol. The summed E-state index contributed by atoms with van der Waals surface area (Å²) in [5.41, 5.74) is 0.121. The molecule has 2 rings (SSSR count). The van der Waals surface area contributed by atoms with Crippen LogP contribution in [-0.2, 0) is 9.59 Å². The van der Waals surface area contributed by atoms with E-state index in [9.17, 15) is 9.59 Å². The number of Topliss-reactive ketones (excluding diaryl/α,β-unsaturated/α-hetero) is 1. The first kappa shape index (κ1) is 21.7. The largest absolute Gasteiger partial charge is 0.497 e. The number of aromatic nitrogens is 2. The maximum absolute atomic E-state index is 12.1. The Morgan fingerprint density at radius 1 is 1.14 bits per heavy atom. The molecule has 1 N–H and O–H groups in total. The third kappa shape index (κ3) is 6.56. The first-order chi connectivity index (χ1) is 13.2. The molecule has 0 fully saturated rings. The number of thioether (sulfide) groups is 1. The molecule has 1 amide bonds. The smallest absolute Gasteiger partial charge is 0.276 e. The summed E-state index contributed by atoms with van der Waals surface area (Å²) in [7, 11) is 3.13. The molecular weight excluding hydrogens is 382 g/mol. The number of rotatable bonds is 10. The Hall–Kier alpha value is -2.55. The molecule has 1 aromatic carbocycles. The summed E-state index contributed by atoms with van der Waals surface area (Å²) in [5.74, 6) is 1.96. The standard InChI is InChI=1S/C19H25N3O5S/c1-12(23)11-19(2,3)20-16(24)6-7-28-18-22-21-17(27-18)13-8-14(25-4)10-15(9-13)26-5/h8-10H,6-7,11H2,1-5H3,(H,20,24). The highest BCUT2D eigenvalue weighted by Gasteiger charge is 2.22. The lowest BCUT2D eigenvalue weighted by molar-refractivity contribution is -0.123. The average Bonchev–Trinajstić information content (AvgIpc) is 3.08. The number of hydrogen-bond donors (Lipinski definition) is 1. The minimum atomic E-state index is -0.559. The lowest BCUT2D eigenvalue weighted by Gasteiger charge is -2.24. The van der Waals surface area contributed by atoms with Gasteiger partial charge in [0.2, 0.25) is 11.8 Å². The number of ketones is 1. The molecule has 8 nitrogen and oxygen atoms in total. The first-order valence-corrected chi connectivity index (χ1v) is 9.71. The van der Waals surface area contributed by atoms with E-state index >= 15 is 0 Å². The van der Waals surface area contributed by atoms with Crippen molar-refractivity contribution in [3.63, 3.8) is 0 Å². The van der Waals surface area contributed by atoms with Crippen molar-refractivity contribution >= 4 is 23.5 Å². The fourth-order valence-electron chi connectivity index (χ4n) is 2.65.